The molecule has 6 nitrogen and oxygen atoms in total. The molecular formula is C18H22ClNO5. The zero-order valence-corrected chi connectivity index (χ0v) is 14.7. The molecule has 1 amide bonds. The Bertz CT molecular complexity index is 676. The summed E-state index contributed by atoms with van der Waals surface area (Å²) in [7, 11) is 0. The highest BCUT2D eigenvalue weighted by atomic mass is 35.5. The van der Waals surface area contributed by atoms with Crippen LogP contribution in [0, 0.1) is 5.41 Å². The maximum atomic E-state index is 12.6. The summed E-state index contributed by atoms with van der Waals surface area (Å²) in [4.78, 5) is 14.4. The molecule has 0 bridgehead atoms. The molecule has 3 aliphatic rings. The molecule has 1 saturated heterocycles. The van der Waals surface area contributed by atoms with Gasteiger partial charge in [0.1, 0.15) is 13.2 Å². The van der Waals surface area contributed by atoms with Gasteiger partial charge in [-0.25, -0.2) is 0 Å². The summed E-state index contributed by atoms with van der Waals surface area (Å²) in [5.41, 5.74) is 0.311. The first-order valence-electron chi connectivity index (χ1n) is 8.71. The summed E-state index contributed by atoms with van der Waals surface area (Å²) in [5.74, 6) is 1.23. The van der Waals surface area contributed by atoms with Crippen LogP contribution in [0.25, 0.3) is 0 Å². The summed E-state index contributed by atoms with van der Waals surface area (Å²) in [6.45, 7) is 2.08. The summed E-state index contributed by atoms with van der Waals surface area (Å²) in [6, 6.07) is 3.48. The summed E-state index contributed by atoms with van der Waals surface area (Å²) < 4.78 is 11.0. The van der Waals surface area contributed by atoms with Crippen molar-refractivity contribution in [1.29, 1.82) is 0 Å². The van der Waals surface area contributed by atoms with Gasteiger partial charge in [0.25, 0.3) is 0 Å². The Kier molecular flexibility index (Phi) is 4.30. The van der Waals surface area contributed by atoms with E-state index in [-0.39, 0.29) is 12.3 Å². The number of piperidine rings is 1. The Morgan fingerprint density at radius 3 is 2.36 bits per heavy atom. The van der Waals surface area contributed by atoms with E-state index in [0.717, 1.165) is 5.56 Å². The molecule has 2 atom stereocenters. The SMILES string of the molecule is O=C(Cc1cc2c(cc1Cl)OCCO2)N1CCC2(CC1)[C@H](O)C[C@@H]2O. The third kappa shape index (κ3) is 2.86. The van der Waals surface area contributed by atoms with Gasteiger partial charge in [0.2, 0.25) is 5.91 Å². The fourth-order valence-corrected chi connectivity index (χ4v) is 4.32. The van der Waals surface area contributed by atoms with Crippen molar-refractivity contribution in [2.24, 2.45) is 5.41 Å². The van der Waals surface area contributed by atoms with Gasteiger partial charge in [0.05, 0.1) is 18.6 Å². The summed E-state index contributed by atoms with van der Waals surface area (Å²) in [6.07, 6.45) is 1.01. The van der Waals surface area contributed by atoms with Crippen LogP contribution in [-0.2, 0) is 11.2 Å². The van der Waals surface area contributed by atoms with Crippen LogP contribution >= 0.6 is 11.6 Å². The number of fused-ring (bicyclic) bond motifs is 1. The van der Waals surface area contributed by atoms with Crippen molar-refractivity contribution in [2.75, 3.05) is 26.3 Å². The molecule has 1 aliphatic carbocycles. The van der Waals surface area contributed by atoms with Crippen molar-refractivity contribution in [3.8, 4) is 11.5 Å². The zero-order valence-electron chi connectivity index (χ0n) is 13.9. The van der Waals surface area contributed by atoms with Gasteiger partial charge in [0.15, 0.2) is 11.5 Å². The number of halogens is 1. The van der Waals surface area contributed by atoms with Gasteiger partial charge >= 0.3 is 0 Å². The van der Waals surface area contributed by atoms with Gasteiger partial charge < -0.3 is 24.6 Å². The summed E-state index contributed by atoms with van der Waals surface area (Å²) >= 11 is 6.29. The van der Waals surface area contributed by atoms with Crippen molar-refractivity contribution in [2.45, 2.75) is 37.9 Å². The normalized spacial score (nSPS) is 27.1. The summed E-state index contributed by atoms with van der Waals surface area (Å²) in [5, 5.41) is 20.5. The largest absolute Gasteiger partial charge is 0.486 e. The highest BCUT2D eigenvalue weighted by Gasteiger charge is 2.55. The maximum Gasteiger partial charge on any atom is 0.227 e. The molecule has 0 radical (unpaired) electrons. The van der Waals surface area contributed by atoms with Crippen LogP contribution in [0.1, 0.15) is 24.8 Å². The molecule has 1 saturated carbocycles. The van der Waals surface area contributed by atoms with Gasteiger partial charge in [-0.3, -0.25) is 4.79 Å². The van der Waals surface area contributed by atoms with Gasteiger partial charge in [-0.15, -0.1) is 0 Å². The van der Waals surface area contributed by atoms with E-state index in [4.69, 9.17) is 21.1 Å². The van der Waals surface area contributed by atoms with Crippen molar-refractivity contribution in [3.05, 3.63) is 22.7 Å². The van der Waals surface area contributed by atoms with E-state index in [0.29, 0.717) is 62.1 Å². The van der Waals surface area contributed by atoms with E-state index in [1.807, 2.05) is 0 Å². The topological polar surface area (TPSA) is 79.2 Å². The number of ether oxygens (including phenoxy) is 2. The molecule has 2 heterocycles. The number of carbonyl (C=O) groups is 1. The monoisotopic (exact) mass is 367 g/mol. The van der Waals surface area contributed by atoms with Crippen molar-refractivity contribution < 1.29 is 24.5 Å². The lowest BCUT2D eigenvalue weighted by atomic mass is 9.58. The molecule has 1 spiro atoms. The van der Waals surface area contributed by atoms with E-state index in [1.165, 1.54) is 0 Å². The first-order chi connectivity index (χ1) is 12.0. The van der Waals surface area contributed by atoms with Crippen molar-refractivity contribution >= 4 is 17.5 Å². The number of likely N-dealkylation sites (tertiary alicyclic amines) is 1. The first-order valence-corrected chi connectivity index (χ1v) is 9.09. The molecule has 1 aromatic rings. The Balaban J connectivity index is 1.41. The lowest BCUT2D eigenvalue weighted by Gasteiger charge is -2.55. The zero-order chi connectivity index (χ0) is 17.6. The maximum absolute atomic E-state index is 12.6. The fourth-order valence-electron chi connectivity index (χ4n) is 4.10. The molecule has 2 fully saturated rings. The third-order valence-electron chi connectivity index (χ3n) is 5.87. The predicted molar refractivity (Wildman–Crippen MR) is 91.0 cm³/mol. The Morgan fingerprint density at radius 2 is 1.76 bits per heavy atom. The Morgan fingerprint density at radius 1 is 1.16 bits per heavy atom. The second-order valence-corrected chi connectivity index (χ2v) is 7.55. The average Bonchev–Trinajstić information content (AvgIpc) is 2.62. The average molecular weight is 368 g/mol. The molecular weight excluding hydrogens is 346 g/mol. The molecule has 2 aliphatic heterocycles. The lowest BCUT2D eigenvalue weighted by molar-refractivity contribution is -0.191. The number of carbonyl (C=O) groups excluding carboxylic acids is 1. The quantitative estimate of drug-likeness (QED) is 0.825. The van der Waals surface area contributed by atoms with Gasteiger partial charge in [-0.05, 0) is 24.5 Å². The van der Waals surface area contributed by atoms with E-state index in [9.17, 15) is 15.0 Å². The number of nitrogens with zero attached hydrogens (tertiary/aromatic N) is 1. The minimum atomic E-state index is -0.452. The van der Waals surface area contributed by atoms with Gasteiger partial charge in [-0.1, -0.05) is 11.6 Å². The van der Waals surface area contributed by atoms with Crippen molar-refractivity contribution in [1.82, 2.24) is 4.90 Å². The van der Waals surface area contributed by atoms with E-state index >= 15 is 0 Å². The fraction of sp³-hybridized carbons (Fsp3) is 0.611. The van der Waals surface area contributed by atoms with Gasteiger partial charge in [-0.2, -0.15) is 0 Å². The number of rotatable bonds is 2. The van der Waals surface area contributed by atoms with Crippen LogP contribution in [0.15, 0.2) is 12.1 Å². The molecule has 0 unspecified atom stereocenters. The molecule has 1 aromatic carbocycles. The molecule has 4 rings (SSSR count). The van der Waals surface area contributed by atoms with Crippen LogP contribution in [0.3, 0.4) is 0 Å². The van der Waals surface area contributed by atoms with Crippen LogP contribution < -0.4 is 9.47 Å². The second kappa shape index (κ2) is 6.34. The second-order valence-electron chi connectivity index (χ2n) is 7.15. The van der Waals surface area contributed by atoms with E-state index in [2.05, 4.69) is 0 Å². The molecule has 0 aromatic heterocycles. The van der Waals surface area contributed by atoms with Gasteiger partial charge in [0, 0.05) is 36.0 Å². The highest BCUT2D eigenvalue weighted by molar-refractivity contribution is 6.31. The third-order valence-corrected chi connectivity index (χ3v) is 6.23. The van der Waals surface area contributed by atoms with Crippen molar-refractivity contribution in [3.63, 3.8) is 0 Å². The molecule has 25 heavy (non-hydrogen) atoms. The number of aliphatic hydroxyl groups is 2. The smallest absolute Gasteiger partial charge is 0.227 e. The van der Waals surface area contributed by atoms with Crippen LogP contribution in [0.4, 0.5) is 0 Å². The Labute approximate surface area is 151 Å². The molecule has 7 heteroatoms. The number of aliphatic hydroxyl groups excluding tert-OH is 2. The predicted octanol–water partition coefficient (Wildman–Crippen LogP) is 1.39. The standard InChI is InChI=1S/C18H22ClNO5/c19-12-9-14-13(24-5-6-25-14)7-11(12)8-17(23)20-3-1-18(2-4-20)15(21)10-16(18)22/h7,9,15-16,21-22H,1-6,8,10H2/t15-,16+. The number of hydrogen-bond donors (Lipinski definition) is 2. The molecule has 2 N–H and O–H groups in total. The molecule has 136 valence electrons. The number of hydrogen-bond acceptors (Lipinski definition) is 5. The van der Waals surface area contributed by atoms with E-state index in [1.54, 1.807) is 17.0 Å². The van der Waals surface area contributed by atoms with E-state index < -0.39 is 17.6 Å². The number of benzene rings is 1. The lowest BCUT2D eigenvalue weighted by Crippen LogP contribution is -2.61. The first kappa shape index (κ1) is 16.9. The highest BCUT2D eigenvalue weighted by Crippen LogP contribution is 2.49. The van der Waals surface area contributed by atoms with Crippen LogP contribution in [0.2, 0.25) is 5.02 Å². The number of amides is 1. The minimum Gasteiger partial charge on any atom is -0.486 e. The Hall–Kier alpha value is -1.50. The van der Waals surface area contributed by atoms with Crippen LogP contribution in [0.5, 0.6) is 11.5 Å². The van der Waals surface area contributed by atoms with Crippen LogP contribution in [-0.4, -0.2) is 59.5 Å². The minimum absolute atomic E-state index is 0.00303.